The Balaban J connectivity index is 1.80. The Hall–Kier alpha value is -3.12. The fourth-order valence-corrected chi connectivity index (χ4v) is 2.28. The van der Waals surface area contributed by atoms with E-state index in [2.05, 4.69) is 10.5 Å². The SMILES string of the molecule is O=[N+]([O-])c1cc(Cl)ccc1-c1ccc(/C=N\Nc2ccccc2)o1. The summed E-state index contributed by atoms with van der Waals surface area (Å²) in [6, 6.07) is 17.2. The van der Waals surface area contributed by atoms with Crippen LogP contribution in [0.25, 0.3) is 11.3 Å². The molecular formula is C17H12ClN3O3. The van der Waals surface area contributed by atoms with E-state index >= 15 is 0 Å². The van der Waals surface area contributed by atoms with Crippen LogP contribution < -0.4 is 5.43 Å². The standard InChI is InChI=1S/C17H12ClN3O3/c18-12-6-8-15(16(10-12)21(22)23)17-9-7-14(24-17)11-19-20-13-4-2-1-3-5-13/h1-11,20H/b19-11-. The minimum atomic E-state index is -0.492. The van der Waals surface area contributed by atoms with E-state index < -0.39 is 4.92 Å². The second-order valence-corrected chi connectivity index (χ2v) is 5.29. The lowest BCUT2D eigenvalue weighted by molar-refractivity contribution is -0.384. The summed E-state index contributed by atoms with van der Waals surface area (Å²) < 4.78 is 5.60. The quantitative estimate of drug-likeness (QED) is 0.404. The maximum atomic E-state index is 11.2. The predicted octanol–water partition coefficient (Wildman–Crippen LogP) is 4.95. The molecule has 0 fully saturated rings. The molecule has 3 rings (SSSR count). The molecule has 0 atom stereocenters. The second kappa shape index (κ2) is 6.97. The Morgan fingerprint density at radius 1 is 1.12 bits per heavy atom. The van der Waals surface area contributed by atoms with Gasteiger partial charge in [0.05, 0.1) is 22.4 Å². The molecule has 24 heavy (non-hydrogen) atoms. The van der Waals surface area contributed by atoms with Crippen molar-refractivity contribution < 1.29 is 9.34 Å². The monoisotopic (exact) mass is 341 g/mol. The molecule has 0 aliphatic rings. The third-order valence-electron chi connectivity index (χ3n) is 3.21. The largest absolute Gasteiger partial charge is 0.455 e. The molecule has 2 aromatic carbocycles. The highest BCUT2D eigenvalue weighted by Gasteiger charge is 2.18. The van der Waals surface area contributed by atoms with Crippen LogP contribution in [-0.4, -0.2) is 11.1 Å². The molecule has 1 N–H and O–H groups in total. The predicted molar refractivity (Wildman–Crippen MR) is 93.5 cm³/mol. The Morgan fingerprint density at radius 2 is 1.92 bits per heavy atom. The van der Waals surface area contributed by atoms with Crippen LogP contribution in [0.5, 0.6) is 0 Å². The molecule has 0 spiro atoms. The maximum absolute atomic E-state index is 11.2. The molecule has 0 aliphatic heterocycles. The van der Waals surface area contributed by atoms with Gasteiger partial charge < -0.3 is 4.42 Å². The molecule has 7 heteroatoms. The molecule has 0 amide bonds. The van der Waals surface area contributed by atoms with Gasteiger partial charge in [0.2, 0.25) is 0 Å². The number of nitro groups is 1. The summed E-state index contributed by atoms with van der Waals surface area (Å²) in [5.41, 5.74) is 3.96. The number of hydrogen-bond acceptors (Lipinski definition) is 5. The topological polar surface area (TPSA) is 80.7 Å². The van der Waals surface area contributed by atoms with Crippen LogP contribution in [0.4, 0.5) is 11.4 Å². The molecule has 0 radical (unpaired) electrons. The Bertz CT molecular complexity index is 891. The van der Waals surface area contributed by atoms with Crippen LogP contribution in [0.1, 0.15) is 5.76 Å². The average Bonchev–Trinajstić information content (AvgIpc) is 3.04. The van der Waals surface area contributed by atoms with Gasteiger partial charge in [0.1, 0.15) is 11.5 Å². The minimum Gasteiger partial charge on any atom is -0.455 e. The van der Waals surface area contributed by atoms with Crippen LogP contribution in [0.2, 0.25) is 5.02 Å². The van der Waals surface area contributed by atoms with Crippen LogP contribution >= 0.6 is 11.6 Å². The van der Waals surface area contributed by atoms with Crippen molar-refractivity contribution in [3.8, 4) is 11.3 Å². The highest BCUT2D eigenvalue weighted by atomic mass is 35.5. The highest BCUT2D eigenvalue weighted by Crippen LogP contribution is 2.33. The number of benzene rings is 2. The smallest absolute Gasteiger partial charge is 0.281 e. The van der Waals surface area contributed by atoms with Crippen molar-refractivity contribution in [1.29, 1.82) is 0 Å². The Labute approximate surface area is 142 Å². The van der Waals surface area contributed by atoms with E-state index in [0.29, 0.717) is 22.1 Å². The Morgan fingerprint density at radius 3 is 2.67 bits per heavy atom. The first kappa shape index (κ1) is 15.8. The number of halogens is 1. The molecule has 6 nitrogen and oxygen atoms in total. The van der Waals surface area contributed by atoms with E-state index in [1.807, 2.05) is 30.3 Å². The van der Waals surface area contributed by atoms with Gasteiger partial charge in [-0.25, -0.2) is 0 Å². The summed E-state index contributed by atoms with van der Waals surface area (Å²) >= 11 is 5.82. The third kappa shape index (κ3) is 3.61. The van der Waals surface area contributed by atoms with Crippen molar-refractivity contribution in [1.82, 2.24) is 0 Å². The first-order valence-corrected chi connectivity index (χ1v) is 7.39. The lowest BCUT2D eigenvalue weighted by atomic mass is 10.1. The van der Waals surface area contributed by atoms with Crippen molar-refractivity contribution in [2.24, 2.45) is 5.10 Å². The van der Waals surface area contributed by atoms with Crippen LogP contribution in [0.15, 0.2) is 70.2 Å². The number of anilines is 1. The normalized spacial score (nSPS) is 10.9. The molecular weight excluding hydrogens is 330 g/mol. The van der Waals surface area contributed by atoms with E-state index in [0.717, 1.165) is 5.69 Å². The number of furan rings is 1. The van der Waals surface area contributed by atoms with E-state index in [9.17, 15) is 10.1 Å². The number of nitrogens with one attached hydrogen (secondary N) is 1. The van der Waals surface area contributed by atoms with Crippen LogP contribution in [0.3, 0.4) is 0 Å². The van der Waals surface area contributed by atoms with E-state index in [4.69, 9.17) is 16.0 Å². The van der Waals surface area contributed by atoms with Gasteiger partial charge in [-0.15, -0.1) is 0 Å². The molecule has 0 saturated heterocycles. The van der Waals surface area contributed by atoms with E-state index in [1.165, 1.54) is 12.3 Å². The molecule has 1 aromatic heterocycles. The van der Waals surface area contributed by atoms with Crippen LogP contribution in [-0.2, 0) is 0 Å². The van der Waals surface area contributed by atoms with Gasteiger partial charge in [-0.05, 0) is 36.4 Å². The fourth-order valence-electron chi connectivity index (χ4n) is 2.11. The lowest BCUT2D eigenvalue weighted by Crippen LogP contribution is -1.91. The summed E-state index contributed by atoms with van der Waals surface area (Å²) in [6.07, 6.45) is 1.50. The maximum Gasteiger partial charge on any atom is 0.281 e. The fraction of sp³-hybridized carbons (Fsp3) is 0. The number of rotatable bonds is 5. The molecule has 0 saturated carbocycles. The zero-order chi connectivity index (χ0) is 16.9. The summed E-state index contributed by atoms with van der Waals surface area (Å²) in [5, 5.41) is 15.5. The number of hydrogen-bond donors (Lipinski definition) is 1. The first-order valence-electron chi connectivity index (χ1n) is 7.02. The zero-order valence-electron chi connectivity index (χ0n) is 12.3. The first-order chi connectivity index (χ1) is 11.6. The van der Waals surface area contributed by atoms with Gasteiger partial charge in [0.15, 0.2) is 0 Å². The lowest BCUT2D eigenvalue weighted by Gasteiger charge is -2.00. The van der Waals surface area contributed by atoms with Crippen molar-refractivity contribution in [3.63, 3.8) is 0 Å². The second-order valence-electron chi connectivity index (χ2n) is 4.86. The number of hydrazone groups is 1. The van der Waals surface area contributed by atoms with Crippen molar-refractivity contribution in [2.45, 2.75) is 0 Å². The molecule has 120 valence electrons. The van der Waals surface area contributed by atoms with Gasteiger partial charge in [-0.3, -0.25) is 15.5 Å². The number of nitrogens with zero attached hydrogens (tertiary/aromatic N) is 2. The molecule has 0 bridgehead atoms. The van der Waals surface area contributed by atoms with Crippen molar-refractivity contribution in [3.05, 3.63) is 81.6 Å². The van der Waals surface area contributed by atoms with Gasteiger partial charge in [0.25, 0.3) is 5.69 Å². The average molecular weight is 342 g/mol. The molecule has 0 unspecified atom stereocenters. The van der Waals surface area contributed by atoms with Gasteiger partial charge in [-0.2, -0.15) is 5.10 Å². The molecule has 1 heterocycles. The summed E-state index contributed by atoms with van der Waals surface area (Å²) in [5.74, 6) is 0.845. The summed E-state index contributed by atoms with van der Waals surface area (Å²) in [4.78, 5) is 10.7. The number of nitro benzene ring substituents is 1. The molecule has 3 aromatic rings. The minimum absolute atomic E-state index is 0.109. The third-order valence-corrected chi connectivity index (χ3v) is 3.44. The van der Waals surface area contributed by atoms with E-state index in [1.54, 1.807) is 24.3 Å². The van der Waals surface area contributed by atoms with Gasteiger partial charge in [0, 0.05) is 11.1 Å². The number of para-hydroxylation sites is 1. The van der Waals surface area contributed by atoms with E-state index in [-0.39, 0.29) is 5.69 Å². The Kier molecular flexibility index (Phi) is 4.58. The zero-order valence-corrected chi connectivity index (χ0v) is 13.1. The van der Waals surface area contributed by atoms with Gasteiger partial charge >= 0.3 is 0 Å². The van der Waals surface area contributed by atoms with Crippen LogP contribution in [0, 0.1) is 10.1 Å². The van der Waals surface area contributed by atoms with Crippen molar-refractivity contribution >= 4 is 29.2 Å². The highest BCUT2D eigenvalue weighted by molar-refractivity contribution is 6.30. The summed E-state index contributed by atoms with van der Waals surface area (Å²) in [6.45, 7) is 0. The van der Waals surface area contributed by atoms with Crippen molar-refractivity contribution in [2.75, 3.05) is 5.43 Å². The summed E-state index contributed by atoms with van der Waals surface area (Å²) in [7, 11) is 0. The van der Waals surface area contributed by atoms with Gasteiger partial charge in [-0.1, -0.05) is 29.8 Å². The molecule has 0 aliphatic carbocycles.